The lowest BCUT2D eigenvalue weighted by Crippen LogP contribution is -2.58. The number of esters is 1. The molecule has 7 atom stereocenters. The van der Waals surface area contributed by atoms with Gasteiger partial charge in [-0.15, -0.1) is 0 Å². The average molecular weight is 709 g/mol. The summed E-state index contributed by atoms with van der Waals surface area (Å²) in [6.45, 7) is 17.0. The van der Waals surface area contributed by atoms with E-state index in [0.29, 0.717) is 22.8 Å². The topological polar surface area (TPSA) is 135 Å². The number of carbonyl (C=O) groups is 4. The number of benzene rings is 2. The van der Waals surface area contributed by atoms with E-state index in [-0.39, 0.29) is 36.4 Å². The number of nitrogens with one attached hydrogen (secondary N) is 3. The number of methoxy groups -OCH3 is 1. The minimum absolute atomic E-state index is 0.134. The number of carbonyl (C=O) groups excluding carboxylic acids is 4. The van der Waals surface area contributed by atoms with Crippen molar-refractivity contribution in [2.75, 3.05) is 7.11 Å². The van der Waals surface area contributed by atoms with Gasteiger partial charge in [-0.25, -0.2) is 4.79 Å². The molecule has 2 aromatic carbocycles. The Balaban J connectivity index is 1.65. The zero-order valence-corrected chi connectivity index (χ0v) is 31.1. The number of hydrogen-bond donors (Lipinski definition) is 3. The fourth-order valence-electron chi connectivity index (χ4n) is 5.96. The fraction of sp³-hybridized carbons (Fsp3) is 0.513. The van der Waals surface area contributed by atoms with Crippen LogP contribution < -0.4 is 20.7 Å². The molecule has 1 fully saturated rings. The van der Waals surface area contributed by atoms with Crippen molar-refractivity contribution in [2.24, 2.45) is 16.7 Å². The zero-order chi connectivity index (χ0) is 37.0. The number of cyclic esters (lactones) is 1. The molecule has 4 rings (SSSR count). The molecule has 2 aliphatic heterocycles. The summed E-state index contributed by atoms with van der Waals surface area (Å²) in [6, 6.07) is 10.3. The third-order valence-electron chi connectivity index (χ3n) is 9.57. The van der Waals surface area contributed by atoms with E-state index in [4.69, 9.17) is 25.8 Å². The van der Waals surface area contributed by atoms with Gasteiger partial charge in [0.25, 0.3) is 0 Å². The predicted octanol–water partition coefficient (Wildman–Crippen LogP) is 5.66. The molecule has 0 aromatic heterocycles. The van der Waals surface area contributed by atoms with E-state index < -0.39 is 53.3 Å². The van der Waals surface area contributed by atoms with Crippen molar-refractivity contribution >= 4 is 35.3 Å². The molecule has 10 nitrogen and oxygen atoms in total. The van der Waals surface area contributed by atoms with Crippen LogP contribution in [0.1, 0.15) is 84.1 Å². The van der Waals surface area contributed by atoms with Crippen LogP contribution in [0.2, 0.25) is 5.02 Å². The van der Waals surface area contributed by atoms with Crippen LogP contribution in [-0.4, -0.2) is 61.1 Å². The summed E-state index contributed by atoms with van der Waals surface area (Å²) in [5.41, 5.74) is 1.12. The third kappa shape index (κ3) is 10.1. The number of epoxide rings is 1. The second-order valence-corrected chi connectivity index (χ2v) is 15.6. The van der Waals surface area contributed by atoms with Crippen molar-refractivity contribution in [3.63, 3.8) is 0 Å². The molecule has 2 heterocycles. The van der Waals surface area contributed by atoms with E-state index in [2.05, 4.69) is 22.9 Å². The summed E-state index contributed by atoms with van der Waals surface area (Å²) in [5, 5.41) is 9.04. The van der Waals surface area contributed by atoms with Gasteiger partial charge in [0.05, 0.1) is 23.7 Å². The fourth-order valence-corrected chi connectivity index (χ4v) is 6.24. The number of halogens is 1. The zero-order valence-electron chi connectivity index (χ0n) is 30.3. The van der Waals surface area contributed by atoms with Crippen LogP contribution in [0.4, 0.5) is 0 Å². The van der Waals surface area contributed by atoms with Gasteiger partial charge >= 0.3 is 5.97 Å². The first-order valence-electron chi connectivity index (χ1n) is 17.1. The van der Waals surface area contributed by atoms with Crippen molar-refractivity contribution in [2.45, 2.75) is 104 Å². The molecular weight excluding hydrogens is 658 g/mol. The average Bonchev–Trinajstić information content (AvgIpc) is 3.83. The molecule has 1 saturated heterocycles. The van der Waals surface area contributed by atoms with Gasteiger partial charge in [0.2, 0.25) is 17.7 Å². The minimum atomic E-state index is -1.15. The van der Waals surface area contributed by atoms with E-state index in [1.54, 1.807) is 45.0 Å². The van der Waals surface area contributed by atoms with Gasteiger partial charge in [-0.3, -0.25) is 14.4 Å². The Morgan fingerprint density at radius 2 is 1.70 bits per heavy atom. The van der Waals surface area contributed by atoms with Crippen LogP contribution in [0, 0.1) is 23.7 Å². The molecule has 271 valence electrons. The van der Waals surface area contributed by atoms with Gasteiger partial charge < -0.3 is 30.2 Å². The van der Waals surface area contributed by atoms with Crippen LogP contribution in [0.5, 0.6) is 5.75 Å². The molecular formula is C39H51ClN3O7. The number of rotatable bonds is 7. The Bertz CT molecular complexity index is 1580. The first kappa shape index (κ1) is 38.9. The Morgan fingerprint density at radius 3 is 2.32 bits per heavy atom. The molecule has 11 heteroatoms. The van der Waals surface area contributed by atoms with E-state index >= 15 is 0 Å². The van der Waals surface area contributed by atoms with Crippen molar-refractivity contribution in [3.05, 3.63) is 83.3 Å². The minimum Gasteiger partial charge on any atom is -0.495 e. The second kappa shape index (κ2) is 16.0. The second-order valence-electron chi connectivity index (χ2n) is 15.2. The first-order chi connectivity index (χ1) is 23.4. The smallest absolute Gasteiger partial charge is 0.328 e. The van der Waals surface area contributed by atoms with E-state index in [1.807, 2.05) is 52.0 Å². The van der Waals surface area contributed by atoms with Gasteiger partial charge in [-0.05, 0) is 74.4 Å². The highest BCUT2D eigenvalue weighted by Crippen LogP contribution is 2.45. The van der Waals surface area contributed by atoms with Gasteiger partial charge in [0.1, 0.15) is 30.0 Å². The van der Waals surface area contributed by atoms with Crippen LogP contribution in [0.3, 0.4) is 0 Å². The maximum absolute atomic E-state index is 13.9. The summed E-state index contributed by atoms with van der Waals surface area (Å²) < 4.78 is 17.5. The Hall–Kier alpha value is -3.89. The van der Waals surface area contributed by atoms with Crippen LogP contribution in [-0.2, 0) is 35.1 Å². The van der Waals surface area contributed by atoms with Gasteiger partial charge in [-0.1, -0.05) is 75.7 Å². The summed E-state index contributed by atoms with van der Waals surface area (Å²) in [5.74, 6) is -1.73. The highest BCUT2D eigenvalue weighted by atomic mass is 35.5. The molecule has 0 saturated carbocycles. The molecule has 3 N–H and O–H groups in total. The normalized spacial score (nSPS) is 27.6. The molecule has 2 aromatic rings. The van der Waals surface area contributed by atoms with Gasteiger partial charge in [0, 0.05) is 24.8 Å². The van der Waals surface area contributed by atoms with E-state index in [0.717, 1.165) is 11.1 Å². The molecule has 3 amide bonds. The SMILES string of the molecule is [CH2]c1ccc([C@H]2O[C@@H]2[C@@H](C)[C@@H]2C/C=C/C(=O)N[C@H](Cc3ccc(OC)c(Cl)c3)C(=O)N[C@@H](C)C(C)(C)C(=O)N[C@@H](CC(C)(C)C)C(=O)O2)cc1. The van der Waals surface area contributed by atoms with Crippen LogP contribution >= 0.6 is 11.6 Å². The Morgan fingerprint density at radius 1 is 1.02 bits per heavy atom. The largest absolute Gasteiger partial charge is 0.495 e. The standard InChI is InChI=1S/C39H51ClN3O7/c1-22-13-16-26(17-14-22)34-33(50-34)23(2)30-11-10-12-32(44)42-28(20-25-15-18-31(48-9)27(40)19-25)35(45)41-24(3)39(7,8)37(47)43-29(36(46)49-30)21-38(4,5)6/h10,12-19,23-24,28-30,33-34H,1,11,20-21H2,2-9H3,(H,41,45)(H,42,44)(H,43,47)/b12-10+/t23-,24-,28+,29-,30-,33+,34+/m0/s1. The highest BCUT2D eigenvalue weighted by Gasteiger charge is 2.48. The van der Waals surface area contributed by atoms with Gasteiger partial charge in [-0.2, -0.15) is 0 Å². The van der Waals surface area contributed by atoms with Crippen molar-refractivity contribution < 1.29 is 33.4 Å². The maximum atomic E-state index is 13.9. The number of hydrogen-bond acceptors (Lipinski definition) is 7. The maximum Gasteiger partial charge on any atom is 0.328 e. The summed E-state index contributed by atoms with van der Waals surface area (Å²) >= 11 is 6.36. The molecule has 2 aliphatic rings. The van der Waals surface area contributed by atoms with Crippen LogP contribution in [0.25, 0.3) is 0 Å². The summed E-state index contributed by atoms with van der Waals surface area (Å²) in [4.78, 5) is 54.8. The predicted molar refractivity (Wildman–Crippen MR) is 192 cm³/mol. The quantitative estimate of drug-likeness (QED) is 0.250. The Kier molecular flexibility index (Phi) is 12.4. The van der Waals surface area contributed by atoms with Crippen LogP contribution in [0.15, 0.2) is 54.6 Å². The first-order valence-corrected chi connectivity index (χ1v) is 17.5. The third-order valence-corrected chi connectivity index (χ3v) is 9.86. The summed E-state index contributed by atoms with van der Waals surface area (Å²) in [6.07, 6.45) is 2.57. The number of amides is 3. The lowest BCUT2D eigenvalue weighted by atomic mass is 9.82. The monoisotopic (exact) mass is 708 g/mol. The van der Waals surface area contributed by atoms with E-state index in [9.17, 15) is 19.2 Å². The van der Waals surface area contributed by atoms with Crippen molar-refractivity contribution in [1.82, 2.24) is 16.0 Å². The van der Waals surface area contributed by atoms with E-state index in [1.165, 1.54) is 13.2 Å². The number of ether oxygens (including phenoxy) is 3. The molecule has 1 radical (unpaired) electrons. The van der Waals surface area contributed by atoms with Crippen molar-refractivity contribution in [1.29, 1.82) is 0 Å². The molecule has 0 bridgehead atoms. The molecule has 0 spiro atoms. The molecule has 0 aliphatic carbocycles. The lowest BCUT2D eigenvalue weighted by molar-refractivity contribution is -0.157. The molecule has 50 heavy (non-hydrogen) atoms. The molecule has 0 unspecified atom stereocenters. The highest BCUT2D eigenvalue weighted by molar-refractivity contribution is 6.32. The van der Waals surface area contributed by atoms with Gasteiger partial charge in [0.15, 0.2) is 0 Å². The lowest BCUT2D eigenvalue weighted by Gasteiger charge is -2.35. The Labute approximate surface area is 301 Å². The summed E-state index contributed by atoms with van der Waals surface area (Å²) in [7, 11) is 1.51. The van der Waals surface area contributed by atoms with Crippen molar-refractivity contribution in [3.8, 4) is 5.75 Å².